The maximum absolute atomic E-state index is 10.7. The molecule has 4 heteroatoms. The highest BCUT2D eigenvalue weighted by Crippen LogP contribution is 2.23. The molecule has 106 valence electrons. The van der Waals surface area contributed by atoms with Crippen molar-refractivity contribution in [2.75, 3.05) is 0 Å². The summed E-state index contributed by atoms with van der Waals surface area (Å²) in [6, 6.07) is 8.31. The largest absolute Gasteiger partial charge is 0.481 e. The fraction of sp³-hybridized carbons (Fsp3) is 0.375. The van der Waals surface area contributed by atoms with E-state index in [9.17, 15) is 4.79 Å². The second-order valence-electron chi connectivity index (χ2n) is 5.90. The van der Waals surface area contributed by atoms with Gasteiger partial charge in [0, 0.05) is 24.5 Å². The molecule has 20 heavy (non-hydrogen) atoms. The van der Waals surface area contributed by atoms with Gasteiger partial charge >= 0.3 is 5.97 Å². The Balaban J connectivity index is 2.24. The molecule has 0 atom stereocenters. The van der Waals surface area contributed by atoms with Crippen molar-refractivity contribution in [1.82, 2.24) is 9.55 Å². The monoisotopic (exact) mass is 272 g/mol. The number of rotatable bonds is 4. The van der Waals surface area contributed by atoms with E-state index in [-0.39, 0.29) is 11.8 Å². The smallest absolute Gasteiger partial charge is 0.303 e. The minimum atomic E-state index is -0.803. The SMILES string of the molecule is CC(C)(C)c1ccc(-n2ccnc2CCC(=O)O)cc1. The van der Waals surface area contributed by atoms with Crippen molar-refractivity contribution in [3.05, 3.63) is 48.0 Å². The number of hydrogen-bond donors (Lipinski definition) is 1. The van der Waals surface area contributed by atoms with Gasteiger partial charge in [0.1, 0.15) is 5.82 Å². The van der Waals surface area contributed by atoms with Crippen molar-refractivity contribution in [2.45, 2.75) is 39.0 Å². The van der Waals surface area contributed by atoms with Gasteiger partial charge in [-0.15, -0.1) is 0 Å². The summed E-state index contributed by atoms with van der Waals surface area (Å²) in [5, 5.41) is 8.76. The third kappa shape index (κ3) is 3.26. The van der Waals surface area contributed by atoms with E-state index in [4.69, 9.17) is 5.11 Å². The van der Waals surface area contributed by atoms with Gasteiger partial charge in [0.2, 0.25) is 0 Å². The van der Waals surface area contributed by atoms with Crippen LogP contribution in [-0.2, 0) is 16.6 Å². The number of imidazole rings is 1. The van der Waals surface area contributed by atoms with Crippen molar-refractivity contribution in [1.29, 1.82) is 0 Å². The zero-order valence-electron chi connectivity index (χ0n) is 12.1. The highest BCUT2D eigenvalue weighted by atomic mass is 16.4. The summed E-state index contributed by atoms with van der Waals surface area (Å²) in [4.78, 5) is 14.9. The predicted molar refractivity (Wildman–Crippen MR) is 78.2 cm³/mol. The van der Waals surface area contributed by atoms with Gasteiger partial charge in [-0.3, -0.25) is 4.79 Å². The van der Waals surface area contributed by atoms with Gasteiger partial charge in [0.25, 0.3) is 0 Å². The lowest BCUT2D eigenvalue weighted by Gasteiger charge is -2.19. The van der Waals surface area contributed by atoms with Gasteiger partial charge in [-0.2, -0.15) is 0 Å². The molecule has 2 aromatic rings. The summed E-state index contributed by atoms with van der Waals surface area (Å²) in [7, 11) is 0. The molecule has 1 heterocycles. The van der Waals surface area contributed by atoms with Crippen LogP contribution in [0.1, 0.15) is 38.6 Å². The van der Waals surface area contributed by atoms with Crippen LogP contribution in [0.5, 0.6) is 0 Å². The van der Waals surface area contributed by atoms with Gasteiger partial charge < -0.3 is 9.67 Å². The Kier molecular flexibility index (Phi) is 3.93. The molecule has 2 rings (SSSR count). The van der Waals surface area contributed by atoms with E-state index in [2.05, 4.69) is 37.9 Å². The van der Waals surface area contributed by atoms with Crippen LogP contribution in [0, 0.1) is 0 Å². The highest BCUT2D eigenvalue weighted by Gasteiger charge is 2.13. The molecule has 0 spiro atoms. The molecular weight excluding hydrogens is 252 g/mol. The first kappa shape index (κ1) is 14.3. The third-order valence-corrected chi connectivity index (χ3v) is 3.29. The molecule has 0 saturated heterocycles. The Labute approximate surface area is 119 Å². The normalized spacial score (nSPS) is 11.6. The lowest BCUT2D eigenvalue weighted by Crippen LogP contribution is -2.11. The van der Waals surface area contributed by atoms with E-state index in [1.807, 2.05) is 22.9 Å². The first-order valence-electron chi connectivity index (χ1n) is 6.73. The summed E-state index contributed by atoms with van der Waals surface area (Å²) in [6.07, 6.45) is 4.10. The van der Waals surface area contributed by atoms with E-state index in [1.165, 1.54) is 5.56 Å². The molecule has 0 fully saturated rings. The number of aryl methyl sites for hydroxylation is 1. The summed E-state index contributed by atoms with van der Waals surface area (Å²) < 4.78 is 1.94. The Morgan fingerprint density at radius 3 is 2.45 bits per heavy atom. The molecular formula is C16H20N2O2. The molecule has 4 nitrogen and oxygen atoms in total. The highest BCUT2D eigenvalue weighted by molar-refractivity contribution is 5.66. The number of benzene rings is 1. The molecule has 0 aliphatic heterocycles. The van der Waals surface area contributed by atoms with Crippen LogP contribution in [-0.4, -0.2) is 20.6 Å². The zero-order valence-corrected chi connectivity index (χ0v) is 12.1. The van der Waals surface area contributed by atoms with Crippen LogP contribution in [0.2, 0.25) is 0 Å². The van der Waals surface area contributed by atoms with Crippen LogP contribution < -0.4 is 0 Å². The van der Waals surface area contributed by atoms with Gasteiger partial charge in [-0.25, -0.2) is 4.98 Å². The molecule has 0 unspecified atom stereocenters. The Morgan fingerprint density at radius 1 is 1.25 bits per heavy atom. The van der Waals surface area contributed by atoms with Crippen molar-refractivity contribution < 1.29 is 9.90 Å². The summed E-state index contributed by atoms with van der Waals surface area (Å²) >= 11 is 0. The van der Waals surface area contributed by atoms with Crippen molar-refractivity contribution in [2.24, 2.45) is 0 Å². The van der Waals surface area contributed by atoms with E-state index in [0.717, 1.165) is 11.5 Å². The number of carboxylic acid groups (broad SMARTS) is 1. The number of nitrogens with zero attached hydrogens (tertiary/aromatic N) is 2. The second-order valence-corrected chi connectivity index (χ2v) is 5.90. The maximum atomic E-state index is 10.7. The van der Waals surface area contributed by atoms with E-state index >= 15 is 0 Å². The maximum Gasteiger partial charge on any atom is 0.303 e. The average molecular weight is 272 g/mol. The summed E-state index contributed by atoms with van der Waals surface area (Å²) in [5.74, 6) is -0.0291. The molecule has 1 aromatic carbocycles. The molecule has 0 aliphatic carbocycles. The van der Waals surface area contributed by atoms with Gasteiger partial charge in [0.05, 0.1) is 6.42 Å². The van der Waals surface area contributed by atoms with Crippen molar-refractivity contribution in [3.8, 4) is 5.69 Å². The van der Waals surface area contributed by atoms with E-state index < -0.39 is 5.97 Å². The van der Waals surface area contributed by atoms with Gasteiger partial charge in [-0.1, -0.05) is 32.9 Å². The number of hydrogen-bond acceptors (Lipinski definition) is 2. The van der Waals surface area contributed by atoms with Crippen LogP contribution in [0.3, 0.4) is 0 Å². The molecule has 0 saturated carbocycles. The average Bonchev–Trinajstić information content (AvgIpc) is 2.83. The van der Waals surface area contributed by atoms with Crippen molar-refractivity contribution in [3.63, 3.8) is 0 Å². The number of carbonyl (C=O) groups is 1. The molecule has 0 aliphatic rings. The molecule has 1 aromatic heterocycles. The Morgan fingerprint density at radius 2 is 1.90 bits per heavy atom. The number of aromatic nitrogens is 2. The molecule has 0 radical (unpaired) electrons. The number of aliphatic carboxylic acids is 1. The number of carboxylic acids is 1. The first-order chi connectivity index (χ1) is 9.38. The van der Waals surface area contributed by atoms with Crippen LogP contribution in [0.4, 0.5) is 0 Å². The fourth-order valence-corrected chi connectivity index (χ4v) is 2.10. The topological polar surface area (TPSA) is 55.1 Å². The second kappa shape index (κ2) is 5.49. The quantitative estimate of drug-likeness (QED) is 0.930. The first-order valence-corrected chi connectivity index (χ1v) is 6.73. The third-order valence-electron chi connectivity index (χ3n) is 3.29. The van der Waals surface area contributed by atoms with Crippen LogP contribution in [0.15, 0.2) is 36.7 Å². The Hall–Kier alpha value is -2.10. The Bertz CT molecular complexity index is 592. The lowest BCUT2D eigenvalue weighted by atomic mass is 9.87. The lowest BCUT2D eigenvalue weighted by molar-refractivity contribution is -0.137. The molecule has 0 amide bonds. The zero-order chi connectivity index (χ0) is 14.8. The minimum absolute atomic E-state index is 0.0943. The minimum Gasteiger partial charge on any atom is -0.481 e. The fourth-order valence-electron chi connectivity index (χ4n) is 2.10. The standard InChI is InChI=1S/C16H20N2O2/c1-16(2,3)12-4-6-13(7-5-12)18-11-10-17-14(18)8-9-15(19)20/h4-7,10-11H,8-9H2,1-3H3,(H,19,20). The van der Waals surface area contributed by atoms with E-state index in [1.54, 1.807) is 6.20 Å². The van der Waals surface area contributed by atoms with Gasteiger partial charge in [-0.05, 0) is 23.1 Å². The van der Waals surface area contributed by atoms with Crippen LogP contribution >= 0.6 is 0 Å². The van der Waals surface area contributed by atoms with E-state index in [0.29, 0.717) is 6.42 Å². The van der Waals surface area contributed by atoms with Crippen LogP contribution in [0.25, 0.3) is 5.69 Å². The molecule has 1 N–H and O–H groups in total. The van der Waals surface area contributed by atoms with Gasteiger partial charge in [0.15, 0.2) is 0 Å². The molecule has 0 bridgehead atoms. The van der Waals surface area contributed by atoms with Crippen molar-refractivity contribution >= 4 is 5.97 Å². The predicted octanol–water partition coefficient (Wildman–Crippen LogP) is 3.19. The summed E-state index contributed by atoms with van der Waals surface area (Å²) in [6.45, 7) is 6.53. The summed E-state index contributed by atoms with van der Waals surface area (Å²) in [5.41, 5.74) is 2.41.